The van der Waals surface area contributed by atoms with Crippen molar-refractivity contribution in [3.05, 3.63) is 71.7 Å². The van der Waals surface area contributed by atoms with Crippen LogP contribution < -0.4 is 5.32 Å². The summed E-state index contributed by atoms with van der Waals surface area (Å²) >= 11 is 0. The number of fused-ring (bicyclic) bond motifs is 1. The third-order valence-corrected chi connectivity index (χ3v) is 5.28. The van der Waals surface area contributed by atoms with Gasteiger partial charge in [0.2, 0.25) is 11.7 Å². The van der Waals surface area contributed by atoms with E-state index in [0.29, 0.717) is 12.2 Å². The number of hydrogen-bond acceptors (Lipinski definition) is 5. The Balaban J connectivity index is 1.31. The highest BCUT2D eigenvalue weighted by Gasteiger charge is 2.39. The summed E-state index contributed by atoms with van der Waals surface area (Å²) in [7, 11) is 0. The third-order valence-electron chi connectivity index (χ3n) is 5.28. The lowest BCUT2D eigenvalue weighted by Gasteiger charge is -2.10. The van der Waals surface area contributed by atoms with Gasteiger partial charge in [-0.15, -0.1) is 0 Å². The van der Waals surface area contributed by atoms with E-state index in [4.69, 9.17) is 4.52 Å². The van der Waals surface area contributed by atoms with Crippen LogP contribution in [0.1, 0.15) is 17.0 Å². The van der Waals surface area contributed by atoms with Gasteiger partial charge in [-0.1, -0.05) is 53.2 Å². The minimum Gasteiger partial charge on any atom is -0.361 e. The van der Waals surface area contributed by atoms with Crippen LogP contribution in [0.4, 0.5) is 4.79 Å². The van der Waals surface area contributed by atoms with E-state index in [-0.39, 0.29) is 18.3 Å². The molecular weight excluding hydrogens is 382 g/mol. The number of benzene rings is 2. The molecule has 1 atom stereocenters. The molecule has 0 unspecified atom stereocenters. The van der Waals surface area contributed by atoms with Gasteiger partial charge >= 0.3 is 6.03 Å². The predicted octanol–water partition coefficient (Wildman–Crippen LogP) is 3.19. The molecule has 2 N–H and O–H groups in total. The highest BCUT2D eigenvalue weighted by Crippen LogP contribution is 2.22. The van der Waals surface area contributed by atoms with Crippen LogP contribution in [0.25, 0.3) is 22.3 Å². The SMILES string of the molecule is Cc1ccc(-c2noc(CN3C(=O)N[C@@H](Cc4c[nH]c5ccccc45)C3=O)n2)cc1. The van der Waals surface area contributed by atoms with Crippen LogP contribution in [0.5, 0.6) is 0 Å². The van der Waals surface area contributed by atoms with Crippen molar-refractivity contribution in [1.29, 1.82) is 0 Å². The second-order valence-corrected chi connectivity index (χ2v) is 7.37. The summed E-state index contributed by atoms with van der Waals surface area (Å²) in [5.74, 6) is 0.328. The molecule has 30 heavy (non-hydrogen) atoms. The van der Waals surface area contributed by atoms with Crippen molar-refractivity contribution in [2.24, 2.45) is 0 Å². The fraction of sp³-hybridized carbons (Fsp3) is 0.182. The molecule has 0 radical (unpaired) electrons. The predicted molar refractivity (Wildman–Crippen MR) is 109 cm³/mol. The van der Waals surface area contributed by atoms with Gasteiger partial charge in [0.1, 0.15) is 12.6 Å². The summed E-state index contributed by atoms with van der Waals surface area (Å²) in [5, 5.41) is 7.76. The number of carbonyl (C=O) groups excluding carboxylic acids is 2. The summed E-state index contributed by atoms with van der Waals surface area (Å²) < 4.78 is 5.27. The molecule has 2 aromatic heterocycles. The number of carbonyl (C=O) groups is 2. The monoisotopic (exact) mass is 401 g/mol. The average molecular weight is 401 g/mol. The van der Waals surface area contributed by atoms with Gasteiger partial charge in [0.25, 0.3) is 5.91 Å². The number of amides is 3. The summed E-state index contributed by atoms with van der Waals surface area (Å²) in [6.45, 7) is 1.93. The lowest BCUT2D eigenvalue weighted by Crippen LogP contribution is -2.32. The van der Waals surface area contributed by atoms with Crippen molar-refractivity contribution in [3.63, 3.8) is 0 Å². The molecule has 5 rings (SSSR count). The fourth-order valence-corrected chi connectivity index (χ4v) is 3.66. The number of aromatic amines is 1. The standard InChI is InChI=1S/C22H19N5O3/c1-13-6-8-14(9-7-13)20-25-19(30-26-20)12-27-21(28)18(24-22(27)29)10-15-11-23-17-5-3-2-4-16(15)17/h2-9,11,18,23H,10,12H2,1H3,(H,24,29)/t18-/m0/s1. The Bertz CT molecular complexity index is 1240. The number of urea groups is 1. The van der Waals surface area contributed by atoms with Gasteiger partial charge in [0.05, 0.1) is 0 Å². The van der Waals surface area contributed by atoms with E-state index in [2.05, 4.69) is 20.4 Å². The van der Waals surface area contributed by atoms with Crippen molar-refractivity contribution in [1.82, 2.24) is 25.3 Å². The molecule has 2 aromatic carbocycles. The lowest BCUT2D eigenvalue weighted by atomic mass is 10.1. The maximum atomic E-state index is 12.8. The average Bonchev–Trinajstić information content (AvgIpc) is 3.44. The Labute approximate surface area is 171 Å². The maximum absolute atomic E-state index is 12.8. The minimum atomic E-state index is -0.629. The normalized spacial score (nSPS) is 16.4. The van der Waals surface area contributed by atoms with Crippen LogP contribution in [0.2, 0.25) is 0 Å². The second-order valence-electron chi connectivity index (χ2n) is 7.37. The first-order valence-corrected chi connectivity index (χ1v) is 9.65. The smallest absolute Gasteiger partial charge is 0.325 e. The zero-order valence-corrected chi connectivity index (χ0v) is 16.3. The molecule has 8 nitrogen and oxygen atoms in total. The highest BCUT2D eigenvalue weighted by molar-refractivity contribution is 6.04. The van der Waals surface area contributed by atoms with Crippen molar-refractivity contribution in [2.45, 2.75) is 25.9 Å². The molecule has 1 fully saturated rings. The van der Waals surface area contributed by atoms with Gasteiger partial charge in [-0.05, 0) is 18.6 Å². The molecule has 0 aliphatic carbocycles. The molecule has 150 valence electrons. The number of nitrogens with one attached hydrogen (secondary N) is 2. The molecule has 1 saturated heterocycles. The molecule has 1 aliphatic heterocycles. The molecule has 1 aliphatic rings. The van der Waals surface area contributed by atoms with E-state index in [0.717, 1.165) is 32.5 Å². The molecular formula is C22H19N5O3. The Morgan fingerprint density at radius 2 is 1.90 bits per heavy atom. The molecule has 0 bridgehead atoms. The van der Waals surface area contributed by atoms with Crippen LogP contribution in [0.3, 0.4) is 0 Å². The number of aromatic nitrogens is 3. The first-order chi connectivity index (χ1) is 14.6. The first-order valence-electron chi connectivity index (χ1n) is 9.65. The number of aryl methyl sites for hydroxylation is 1. The Kier molecular flexibility index (Phi) is 4.31. The number of rotatable bonds is 5. The zero-order chi connectivity index (χ0) is 20.7. The third kappa shape index (κ3) is 3.22. The number of hydrogen-bond donors (Lipinski definition) is 2. The molecule has 0 saturated carbocycles. The molecule has 8 heteroatoms. The topological polar surface area (TPSA) is 104 Å². The summed E-state index contributed by atoms with van der Waals surface area (Å²) in [5.41, 5.74) is 3.91. The van der Waals surface area contributed by atoms with Crippen LogP contribution in [0, 0.1) is 6.92 Å². The molecule has 3 heterocycles. The Hall–Kier alpha value is -3.94. The van der Waals surface area contributed by atoms with Gasteiger partial charge < -0.3 is 14.8 Å². The molecule has 0 spiro atoms. The lowest BCUT2D eigenvalue weighted by molar-refractivity contribution is -0.128. The van der Waals surface area contributed by atoms with Crippen molar-refractivity contribution in [3.8, 4) is 11.4 Å². The molecule has 3 amide bonds. The highest BCUT2D eigenvalue weighted by atomic mass is 16.5. The van der Waals surface area contributed by atoms with E-state index in [1.165, 1.54) is 0 Å². The van der Waals surface area contributed by atoms with E-state index >= 15 is 0 Å². The van der Waals surface area contributed by atoms with E-state index < -0.39 is 12.1 Å². The Morgan fingerprint density at radius 1 is 1.10 bits per heavy atom. The maximum Gasteiger partial charge on any atom is 0.325 e. The number of H-pyrrole nitrogens is 1. The molecule has 4 aromatic rings. The summed E-state index contributed by atoms with van der Waals surface area (Å²) in [4.78, 5) is 33.9. The van der Waals surface area contributed by atoms with E-state index in [1.54, 1.807) is 0 Å². The van der Waals surface area contributed by atoms with Crippen LogP contribution >= 0.6 is 0 Å². The van der Waals surface area contributed by atoms with Gasteiger partial charge in [0.15, 0.2) is 0 Å². The van der Waals surface area contributed by atoms with Crippen molar-refractivity contribution >= 4 is 22.8 Å². The largest absolute Gasteiger partial charge is 0.361 e. The van der Waals surface area contributed by atoms with Gasteiger partial charge in [0, 0.05) is 29.1 Å². The number of nitrogens with zero attached hydrogens (tertiary/aromatic N) is 3. The number of imide groups is 1. The van der Waals surface area contributed by atoms with Crippen molar-refractivity contribution in [2.75, 3.05) is 0 Å². The van der Waals surface area contributed by atoms with Crippen molar-refractivity contribution < 1.29 is 14.1 Å². The first kappa shape index (κ1) is 18.1. The quantitative estimate of drug-likeness (QED) is 0.500. The Morgan fingerprint density at radius 3 is 2.73 bits per heavy atom. The fourth-order valence-electron chi connectivity index (χ4n) is 3.66. The minimum absolute atomic E-state index is 0.0616. The summed E-state index contributed by atoms with van der Waals surface area (Å²) in [6.07, 6.45) is 2.28. The van der Waals surface area contributed by atoms with Gasteiger partial charge in [-0.2, -0.15) is 4.98 Å². The number of para-hydroxylation sites is 1. The zero-order valence-electron chi connectivity index (χ0n) is 16.3. The second kappa shape index (κ2) is 7.14. The van der Waals surface area contributed by atoms with Crippen LogP contribution in [0.15, 0.2) is 59.3 Å². The summed E-state index contributed by atoms with van der Waals surface area (Å²) in [6, 6.07) is 14.5. The van der Waals surface area contributed by atoms with Gasteiger partial charge in [-0.3, -0.25) is 9.69 Å². The van der Waals surface area contributed by atoms with Gasteiger partial charge in [-0.25, -0.2) is 4.79 Å². The van der Waals surface area contributed by atoms with Crippen LogP contribution in [-0.2, 0) is 17.8 Å². The van der Waals surface area contributed by atoms with E-state index in [1.807, 2.05) is 61.7 Å². The van der Waals surface area contributed by atoms with Crippen LogP contribution in [-0.4, -0.2) is 38.0 Å². The van der Waals surface area contributed by atoms with E-state index in [9.17, 15) is 9.59 Å².